The van der Waals surface area contributed by atoms with Gasteiger partial charge in [0.05, 0.1) is 9.95 Å². The van der Waals surface area contributed by atoms with Crippen molar-refractivity contribution in [1.29, 1.82) is 5.26 Å². The summed E-state index contributed by atoms with van der Waals surface area (Å²) in [5.41, 5.74) is 1.90. The fraction of sp³-hybridized carbons (Fsp3) is 0.0800. The van der Waals surface area contributed by atoms with E-state index in [1.54, 1.807) is 24.3 Å². The third kappa shape index (κ3) is 7.15. The van der Waals surface area contributed by atoms with Gasteiger partial charge >= 0.3 is 0 Å². The SMILES string of the molecule is Cc1ccc(NC(=O)COc2ccc(/C=C(\C#N)C(=O)Nc3cccc([N+](=O)[O-])c3)cc2Cl)cc1. The van der Waals surface area contributed by atoms with Crippen molar-refractivity contribution in [2.75, 3.05) is 17.2 Å². The van der Waals surface area contributed by atoms with Crippen LogP contribution in [-0.2, 0) is 9.59 Å². The molecule has 0 heterocycles. The van der Waals surface area contributed by atoms with Crippen molar-refractivity contribution in [3.05, 3.63) is 98.6 Å². The molecule has 35 heavy (non-hydrogen) atoms. The third-order valence-corrected chi connectivity index (χ3v) is 4.94. The first-order valence-electron chi connectivity index (χ1n) is 10.2. The second-order valence-corrected chi connectivity index (χ2v) is 7.73. The number of ether oxygens (including phenoxy) is 1. The molecule has 0 aliphatic rings. The lowest BCUT2D eigenvalue weighted by atomic mass is 10.1. The maximum absolute atomic E-state index is 12.5. The van der Waals surface area contributed by atoms with Gasteiger partial charge in [-0.25, -0.2) is 0 Å². The highest BCUT2D eigenvalue weighted by Gasteiger charge is 2.13. The van der Waals surface area contributed by atoms with E-state index in [1.807, 2.05) is 19.1 Å². The molecule has 3 aromatic carbocycles. The maximum atomic E-state index is 12.5. The predicted molar refractivity (Wildman–Crippen MR) is 132 cm³/mol. The number of nitrogens with one attached hydrogen (secondary N) is 2. The van der Waals surface area contributed by atoms with Gasteiger partial charge in [0.25, 0.3) is 17.5 Å². The van der Waals surface area contributed by atoms with Gasteiger partial charge in [-0.1, -0.05) is 41.4 Å². The lowest BCUT2D eigenvalue weighted by Crippen LogP contribution is -2.20. The van der Waals surface area contributed by atoms with E-state index in [-0.39, 0.29) is 40.2 Å². The Labute approximate surface area is 205 Å². The van der Waals surface area contributed by atoms with E-state index in [1.165, 1.54) is 42.5 Å². The molecule has 10 heteroatoms. The van der Waals surface area contributed by atoms with Crippen LogP contribution in [0, 0.1) is 28.4 Å². The minimum Gasteiger partial charge on any atom is -0.482 e. The molecule has 0 fully saturated rings. The molecule has 0 aromatic heterocycles. The number of non-ortho nitro benzene ring substituents is 1. The van der Waals surface area contributed by atoms with Gasteiger partial charge in [-0.15, -0.1) is 0 Å². The highest BCUT2D eigenvalue weighted by molar-refractivity contribution is 6.32. The molecule has 0 radical (unpaired) electrons. The van der Waals surface area contributed by atoms with Crippen molar-refractivity contribution >= 4 is 46.6 Å². The zero-order valence-corrected chi connectivity index (χ0v) is 19.2. The Morgan fingerprint density at radius 1 is 1.09 bits per heavy atom. The molecular weight excluding hydrogens is 472 g/mol. The lowest BCUT2D eigenvalue weighted by molar-refractivity contribution is -0.384. The van der Waals surface area contributed by atoms with Gasteiger partial charge in [-0.2, -0.15) is 5.26 Å². The number of hydrogen-bond donors (Lipinski definition) is 2. The number of nitro groups is 1. The number of rotatable bonds is 8. The standard InChI is InChI=1S/C25H19ClN4O5/c1-16-5-8-19(9-6-16)28-24(31)15-35-23-10-7-17(12-22(23)26)11-18(14-27)25(32)29-20-3-2-4-21(13-20)30(33)34/h2-13H,15H2,1H3,(H,28,31)(H,29,32)/b18-11+. The number of amides is 2. The molecule has 176 valence electrons. The number of carbonyl (C=O) groups excluding carboxylic acids is 2. The smallest absolute Gasteiger partial charge is 0.271 e. The zero-order chi connectivity index (χ0) is 25.4. The van der Waals surface area contributed by atoms with Crippen molar-refractivity contribution in [1.82, 2.24) is 0 Å². The Kier molecular flexibility index (Phi) is 8.16. The maximum Gasteiger partial charge on any atom is 0.271 e. The van der Waals surface area contributed by atoms with E-state index in [9.17, 15) is 25.0 Å². The van der Waals surface area contributed by atoms with Gasteiger partial charge in [0.2, 0.25) is 0 Å². The van der Waals surface area contributed by atoms with E-state index < -0.39 is 10.8 Å². The van der Waals surface area contributed by atoms with Crippen LogP contribution < -0.4 is 15.4 Å². The van der Waals surface area contributed by atoms with Gasteiger partial charge in [0.15, 0.2) is 6.61 Å². The van der Waals surface area contributed by atoms with Crippen molar-refractivity contribution < 1.29 is 19.2 Å². The number of nitro benzene ring substituents is 1. The number of nitriles is 1. The number of nitrogens with zero attached hydrogens (tertiary/aromatic N) is 2. The van der Waals surface area contributed by atoms with Crippen LogP contribution in [0.2, 0.25) is 5.02 Å². The van der Waals surface area contributed by atoms with Gasteiger partial charge in [-0.05, 0) is 48.9 Å². The molecule has 0 unspecified atom stereocenters. The molecular formula is C25H19ClN4O5. The number of aryl methyl sites for hydroxylation is 1. The molecule has 0 aliphatic heterocycles. The summed E-state index contributed by atoms with van der Waals surface area (Å²) in [5.74, 6) is -0.849. The second-order valence-electron chi connectivity index (χ2n) is 7.32. The van der Waals surface area contributed by atoms with Crippen molar-refractivity contribution in [2.45, 2.75) is 6.92 Å². The summed E-state index contributed by atoms with van der Waals surface area (Å²) in [4.78, 5) is 34.9. The number of hydrogen-bond acceptors (Lipinski definition) is 6. The third-order valence-electron chi connectivity index (χ3n) is 4.64. The van der Waals surface area contributed by atoms with Gasteiger partial charge in [-0.3, -0.25) is 19.7 Å². The van der Waals surface area contributed by atoms with Crippen molar-refractivity contribution in [2.24, 2.45) is 0 Å². The summed E-state index contributed by atoms with van der Waals surface area (Å²) in [5, 5.41) is 25.6. The first-order valence-corrected chi connectivity index (χ1v) is 10.6. The summed E-state index contributed by atoms with van der Waals surface area (Å²) in [6.07, 6.45) is 1.31. The normalized spacial score (nSPS) is 10.7. The van der Waals surface area contributed by atoms with Crippen LogP contribution in [0.25, 0.3) is 6.08 Å². The Bertz CT molecular complexity index is 1350. The molecule has 3 rings (SSSR count). The Balaban J connectivity index is 1.64. The molecule has 9 nitrogen and oxygen atoms in total. The molecule has 0 atom stereocenters. The minimum absolute atomic E-state index is 0.177. The van der Waals surface area contributed by atoms with Gasteiger partial charge in [0, 0.05) is 23.5 Å². The number of carbonyl (C=O) groups is 2. The van der Waals surface area contributed by atoms with E-state index in [0.717, 1.165) is 5.56 Å². The zero-order valence-electron chi connectivity index (χ0n) is 18.4. The quantitative estimate of drug-likeness (QED) is 0.195. The molecule has 2 N–H and O–H groups in total. The van der Waals surface area contributed by atoms with Crippen LogP contribution in [0.15, 0.2) is 72.3 Å². The summed E-state index contributed by atoms with van der Waals surface area (Å²) < 4.78 is 5.47. The van der Waals surface area contributed by atoms with Crippen LogP contribution in [0.1, 0.15) is 11.1 Å². The van der Waals surface area contributed by atoms with Crippen LogP contribution in [0.3, 0.4) is 0 Å². The van der Waals surface area contributed by atoms with E-state index in [4.69, 9.17) is 16.3 Å². The topological polar surface area (TPSA) is 134 Å². The van der Waals surface area contributed by atoms with Crippen molar-refractivity contribution in [3.8, 4) is 11.8 Å². The van der Waals surface area contributed by atoms with Gasteiger partial charge < -0.3 is 15.4 Å². The van der Waals surface area contributed by atoms with E-state index in [0.29, 0.717) is 11.3 Å². The highest BCUT2D eigenvalue weighted by atomic mass is 35.5. The largest absolute Gasteiger partial charge is 0.482 e. The van der Waals surface area contributed by atoms with E-state index in [2.05, 4.69) is 10.6 Å². The second kappa shape index (κ2) is 11.4. The molecule has 2 amide bonds. The van der Waals surface area contributed by atoms with E-state index >= 15 is 0 Å². The summed E-state index contributed by atoms with van der Waals surface area (Å²) >= 11 is 6.24. The Morgan fingerprint density at radius 2 is 1.83 bits per heavy atom. The Morgan fingerprint density at radius 3 is 2.49 bits per heavy atom. The number of anilines is 2. The lowest BCUT2D eigenvalue weighted by Gasteiger charge is -2.10. The predicted octanol–water partition coefficient (Wildman–Crippen LogP) is 5.12. The summed E-state index contributed by atoms with van der Waals surface area (Å²) in [6, 6.07) is 19.0. The fourth-order valence-corrected chi connectivity index (χ4v) is 3.16. The number of benzene rings is 3. The molecule has 0 bridgehead atoms. The first kappa shape index (κ1) is 25.0. The van der Waals surface area contributed by atoms with Crippen LogP contribution >= 0.6 is 11.6 Å². The van der Waals surface area contributed by atoms with Gasteiger partial charge in [0.1, 0.15) is 17.4 Å². The highest BCUT2D eigenvalue weighted by Crippen LogP contribution is 2.27. The summed E-state index contributed by atoms with van der Waals surface area (Å²) in [6.45, 7) is 1.68. The minimum atomic E-state index is -0.739. The Hall–Kier alpha value is -4.68. The molecule has 0 saturated heterocycles. The number of halogens is 1. The fourth-order valence-electron chi connectivity index (χ4n) is 2.91. The molecule has 0 spiro atoms. The summed E-state index contributed by atoms with van der Waals surface area (Å²) in [7, 11) is 0. The molecule has 0 saturated carbocycles. The molecule has 3 aromatic rings. The average molecular weight is 491 g/mol. The van der Waals surface area contributed by atoms with Crippen LogP contribution in [-0.4, -0.2) is 23.3 Å². The van der Waals surface area contributed by atoms with Crippen LogP contribution in [0.5, 0.6) is 5.75 Å². The molecule has 0 aliphatic carbocycles. The average Bonchev–Trinajstić information content (AvgIpc) is 2.83. The monoisotopic (exact) mass is 490 g/mol. The first-order chi connectivity index (χ1) is 16.7. The van der Waals surface area contributed by atoms with Crippen LogP contribution in [0.4, 0.5) is 17.1 Å². The van der Waals surface area contributed by atoms with Crippen molar-refractivity contribution in [3.63, 3.8) is 0 Å².